The predicted octanol–water partition coefficient (Wildman–Crippen LogP) is 5.98. The van der Waals surface area contributed by atoms with Crippen molar-refractivity contribution in [2.75, 3.05) is 20.3 Å². The summed E-state index contributed by atoms with van der Waals surface area (Å²) in [4.78, 5) is 12.5. The molecule has 0 aliphatic heterocycles. The number of nitrogens with one attached hydrogen (secondary N) is 1. The minimum atomic E-state index is -0.158. The number of furan rings is 1. The SMILES string of the molecule is CCOc1c(/C(C)=C/C(=O)NC(C)COC)cc2c(-c3ccc(C)cc3C)coc2c1C. The summed E-state index contributed by atoms with van der Waals surface area (Å²) >= 11 is 0. The molecule has 3 rings (SSSR count). The second-order valence-electron chi connectivity index (χ2n) is 8.35. The van der Waals surface area contributed by atoms with E-state index < -0.39 is 0 Å². The van der Waals surface area contributed by atoms with E-state index in [-0.39, 0.29) is 11.9 Å². The number of amides is 1. The number of aryl methyl sites for hydroxylation is 3. The molecule has 0 bridgehead atoms. The number of carbonyl (C=O) groups excluding carboxylic acids is 1. The molecule has 0 aliphatic rings. The zero-order chi connectivity index (χ0) is 23.4. The van der Waals surface area contributed by atoms with Gasteiger partial charge in [0.2, 0.25) is 5.91 Å². The molecule has 1 heterocycles. The van der Waals surface area contributed by atoms with Gasteiger partial charge in [0.15, 0.2) is 0 Å². The third kappa shape index (κ3) is 4.89. The third-order valence-corrected chi connectivity index (χ3v) is 5.58. The molecule has 170 valence electrons. The zero-order valence-electron chi connectivity index (χ0n) is 20.1. The van der Waals surface area contributed by atoms with Crippen LogP contribution in [0.1, 0.15) is 43.0 Å². The maximum Gasteiger partial charge on any atom is 0.244 e. The predicted molar refractivity (Wildman–Crippen MR) is 130 cm³/mol. The first-order valence-electron chi connectivity index (χ1n) is 11.0. The maximum absolute atomic E-state index is 12.5. The molecule has 0 radical (unpaired) electrons. The Morgan fingerprint density at radius 2 is 1.94 bits per heavy atom. The second-order valence-corrected chi connectivity index (χ2v) is 8.35. The molecule has 0 saturated heterocycles. The average molecular weight is 436 g/mol. The van der Waals surface area contributed by atoms with Crippen molar-refractivity contribution in [3.05, 3.63) is 58.9 Å². The van der Waals surface area contributed by atoms with Crippen LogP contribution in [0.5, 0.6) is 5.75 Å². The number of rotatable bonds is 8. The number of fused-ring (bicyclic) bond motifs is 1. The van der Waals surface area contributed by atoms with E-state index in [1.54, 1.807) is 13.2 Å². The van der Waals surface area contributed by atoms with Crippen LogP contribution in [-0.2, 0) is 9.53 Å². The topological polar surface area (TPSA) is 60.7 Å². The van der Waals surface area contributed by atoms with Crippen molar-refractivity contribution in [2.45, 2.75) is 47.6 Å². The third-order valence-electron chi connectivity index (χ3n) is 5.58. The van der Waals surface area contributed by atoms with E-state index >= 15 is 0 Å². The highest BCUT2D eigenvalue weighted by atomic mass is 16.5. The van der Waals surface area contributed by atoms with Crippen molar-refractivity contribution in [3.63, 3.8) is 0 Å². The molecule has 1 N–H and O–H groups in total. The number of benzene rings is 2. The number of methoxy groups -OCH3 is 1. The summed E-state index contributed by atoms with van der Waals surface area (Å²) in [6, 6.07) is 8.42. The molecule has 3 aromatic rings. The number of hydrogen-bond acceptors (Lipinski definition) is 4. The fourth-order valence-corrected chi connectivity index (χ4v) is 4.11. The highest BCUT2D eigenvalue weighted by molar-refractivity contribution is 6.02. The molecule has 1 atom stereocenters. The van der Waals surface area contributed by atoms with E-state index in [0.29, 0.717) is 13.2 Å². The molecular weight excluding hydrogens is 402 g/mol. The highest BCUT2D eigenvalue weighted by Gasteiger charge is 2.20. The normalized spacial score (nSPS) is 12.8. The van der Waals surface area contributed by atoms with Gasteiger partial charge < -0.3 is 19.2 Å². The van der Waals surface area contributed by atoms with Crippen LogP contribution in [0.3, 0.4) is 0 Å². The van der Waals surface area contributed by atoms with E-state index in [9.17, 15) is 4.79 Å². The van der Waals surface area contributed by atoms with Crippen LogP contribution in [0.25, 0.3) is 27.7 Å². The first-order chi connectivity index (χ1) is 15.3. The molecule has 1 amide bonds. The van der Waals surface area contributed by atoms with Gasteiger partial charge in [0, 0.05) is 41.3 Å². The van der Waals surface area contributed by atoms with Crippen LogP contribution >= 0.6 is 0 Å². The zero-order valence-corrected chi connectivity index (χ0v) is 20.1. The van der Waals surface area contributed by atoms with Crippen molar-refractivity contribution in [2.24, 2.45) is 0 Å². The van der Waals surface area contributed by atoms with Crippen molar-refractivity contribution >= 4 is 22.4 Å². The summed E-state index contributed by atoms with van der Waals surface area (Å²) in [5.41, 5.74) is 8.04. The summed E-state index contributed by atoms with van der Waals surface area (Å²) in [7, 11) is 1.62. The Hall–Kier alpha value is -3.05. The van der Waals surface area contributed by atoms with Crippen LogP contribution in [0.15, 0.2) is 41.0 Å². The summed E-state index contributed by atoms with van der Waals surface area (Å²) < 4.78 is 17.1. The Kier molecular flexibility index (Phi) is 7.41. The van der Waals surface area contributed by atoms with Gasteiger partial charge in [0.1, 0.15) is 11.3 Å². The van der Waals surface area contributed by atoms with E-state index in [0.717, 1.165) is 44.5 Å². The van der Waals surface area contributed by atoms with Crippen molar-refractivity contribution < 1.29 is 18.7 Å². The lowest BCUT2D eigenvalue weighted by Crippen LogP contribution is -2.34. The van der Waals surface area contributed by atoms with Gasteiger partial charge in [0.05, 0.1) is 19.5 Å². The molecule has 0 saturated carbocycles. The molecule has 0 fully saturated rings. The Labute approximate surface area is 190 Å². The molecule has 5 heteroatoms. The first-order valence-corrected chi connectivity index (χ1v) is 11.0. The molecule has 5 nitrogen and oxygen atoms in total. The second kappa shape index (κ2) is 10.0. The van der Waals surface area contributed by atoms with Gasteiger partial charge in [-0.05, 0) is 64.3 Å². The summed E-state index contributed by atoms with van der Waals surface area (Å²) in [5, 5.41) is 3.94. The summed E-state index contributed by atoms with van der Waals surface area (Å²) in [6.45, 7) is 13.0. The van der Waals surface area contributed by atoms with Crippen molar-refractivity contribution in [3.8, 4) is 16.9 Å². The Morgan fingerprint density at radius 3 is 2.59 bits per heavy atom. The molecule has 0 aliphatic carbocycles. The number of allylic oxidation sites excluding steroid dienone is 1. The van der Waals surface area contributed by atoms with Gasteiger partial charge in [-0.15, -0.1) is 0 Å². The maximum atomic E-state index is 12.5. The lowest BCUT2D eigenvalue weighted by Gasteiger charge is -2.16. The van der Waals surface area contributed by atoms with Gasteiger partial charge >= 0.3 is 0 Å². The quantitative estimate of drug-likeness (QED) is 0.442. The molecule has 1 aromatic heterocycles. The monoisotopic (exact) mass is 435 g/mol. The standard InChI is InChI=1S/C27H33NO4/c1-8-31-26-20(6)27-23(24(15-32-27)21-10-9-16(2)11-17(21)3)13-22(26)18(4)12-25(29)28-19(5)14-30-7/h9-13,15,19H,8,14H2,1-7H3,(H,28,29)/b18-12+. The average Bonchev–Trinajstić information content (AvgIpc) is 3.14. The highest BCUT2D eigenvalue weighted by Crippen LogP contribution is 2.41. The number of hydrogen-bond donors (Lipinski definition) is 1. The van der Waals surface area contributed by atoms with Crippen LogP contribution in [0.2, 0.25) is 0 Å². The minimum absolute atomic E-state index is 0.0721. The Morgan fingerprint density at radius 1 is 1.19 bits per heavy atom. The smallest absolute Gasteiger partial charge is 0.244 e. The van der Waals surface area contributed by atoms with Crippen molar-refractivity contribution in [1.29, 1.82) is 0 Å². The largest absolute Gasteiger partial charge is 0.493 e. The van der Waals surface area contributed by atoms with Gasteiger partial charge in [-0.1, -0.05) is 23.8 Å². The van der Waals surface area contributed by atoms with E-state index in [1.165, 1.54) is 11.1 Å². The van der Waals surface area contributed by atoms with E-state index in [4.69, 9.17) is 13.9 Å². The van der Waals surface area contributed by atoms with E-state index in [2.05, 4.69) is 43.4 Å². The van der Waals surface area contributed by atoms with Gasteiger partial charge in [0.25, 0.3) is 0 Å². The molecule has 0 spiro atoms. The van der Waals surface area contributed by atoms with Gasteiger partial charge in [-0.25, -0.2) is 0 Å². The minimum Gasteiger partial charge on any atom is -0.493 e. The molecular formula is C27H33NO4. The molecule has 32 heavy (non-hydrogen) atoms. The summed E-state index contributed by atoms with van der Waals surface area (Å²) in [6.07, 6.45) is 3.43. The lowest BCUT2D eigenvalue weighted by molar-refractivity contribution is -0.117. The van der Waals surface area contributed by atoms with Gasteiger partial charge in [-0.3, -0.25) is 4.79 Å². The number of ether oxygens (including phenoxy) is 2. The number of carbonyl (C=O) groups is 1. The fraction of sp³-hybridized carbons (Fsp3) is 0.370. The molecule has 1 unspecified atom stereocenters. The van der Waals surface area contributed by atoms with Gasteiger partial charge in [-0.2, -0.15) is 0 Å². The van der Waals surface area contributed by atoms with Crippen LogP contribution < -0.4 is 10.1 Å². The molecule has 2 aromatic carbocycles. The Bertz CT molecular complexity index is 1160. The lowest BCUT2D eigenvalue weighted by atomic mass is 9.94. The van der Waals surface area contributed by atoms with Crippen LogP contribution in [-0.4, -0.2) is 32.3 Å². The summed E-state index contributed by atoms with van der Waals surface area (Å²) in [5.74, 6) is 0.585. The van der Waals surface area contributed by atoms with Crippen LogP contribution in [0, 0.1) is 20.8 Å². The van der Waals surface area contributed by atoms with E-state index in [1.807, 2.05) is 34.0 Å². The first kappa shape index (κ1) is 23.6. The Balaban J connectivity index is 2.13. The van der Waals surface area contributed by atoms with Crippen LogP contribution in [0.4, 0.5) is 0 Å². The fourth-order valence-electron chi connectivity index (χ4n) is 4.11. The van der Waals surface area contributed by atoms with Crippen molar-refractivity contribution in [1.82, 2.24) is 5.32 Å².